The van der Waals surface area contributed by atoms with Gasteiger partial charge in [-0.3, -0.25) is 0 Å². The van der Waals surface area contributed by atoms with Gasteiger partial charge in [-0.2, -0.15) is 0 Å². The Balaban J connectivity index is 2.43. The van der Waals surface area contributed by atoms with Crippen LogP contribution in [0.5, 0.6) is 0 Å². The minimum Gasteiger partial charge on any atom is -0.337 e. The lowest BCUT2D eigenvalue weighted by Crippen LogP contribution is -2.92. The number of nitrogens with two attached hydrogens (primary N) is 1. The van der Waals surface area contributed by atoms with Crippen molar-refractivity contribution in [3.8, 4) is 0 Å². The van der Waals surface area contributed by atoms with E-state index in [2.05, 4.69) is 62.5 Å². The Hall–Kier alpha value is -0.380. The van der Waals surface area contributed by atoms with Gasteiger partial charge >= 0.3 is 0 Å². The van der Waals surface area contributed by atoms with Crippen molar-refractivity contribution in [2.75, 3.05) is 0 Å². The first-order valence-electron chi connectivity index (χ1n) is 6.21. The molecule has 0 aromatic heterocycles. The Kier molecular flexibility index (Phi) is 4.82. The predicted molar refractivity (Wildman–Crippen MR) is 83.6 cm³/mol. The third-order valence-electron chi connectivity index (χ3n) is 3.48. The van der Waals surface area contributed by atoms with Gasteiger partial charge < -0.3 is 5.32 Å². The van der Waals surface area contributed by atoms with Crippen LogP contribution in [0.3, 0.4) is 0 Å². The molecule has 1 heterocycles. The number of quaternary nitrogens is 1. The first-order valence-corrected chi connectivity index (χ1v) is 7.79. The van der Waals surface area contributed by atoms with Crippen LogP contribution >= 0.6 is 31.9 Å². The minimum atomic E-state index is 0.461. The summed E-state index contributed by atoms with van der Waals surface area (Å²) in [5.74, 6) is 0. The molecule has 0 amide bonds. The molecular formula is C15H18Br2N+. The molecule has 0 fully saturated rings. The summed E-state index contributed by atoms with van der Waals surface area (Å²) < 4.78 is 2.43. The maximum Gasteiger partial charge on any atom is 0.117 e. The maximum atomic E-state index is 3.88. The van der Waals surface area contributed by atoms with E-state index in [0.717, 1.165) is 19.3 Å². The zero-order chi connectivity index (χ0) is 13.1. The van der Waals surface area contributed by atoms with Crippen molar-refractivity contribution in [2.45, 2.75) is 31.3 Å². The number of benzene rings is 1. The van der Waals surface area contributed by atoms with Crippen LogP contribution in [-0.2, 0) is 6.42 Å². The number of hydrogen-bond donors (Lipinski definition) is 1. The van der Waals surface area contributed by atoms with E-state index < -0.39 is 0 Å². The molecule has 2 N–H and O–H groups in total. The van der Waals surface area contributed by atoms with Crippen molar-refractivity contribution in [1.29, 1.82) is 0 Å². The molecule has 1 aromatic carbocycles. The smallest absolute Gasteiger partial charge is 0.117 e. The Morgan fingerprint density at radius 2 is 1.83 bits per heavy atom. The second kappa shape index (κ2) is 6.18. The van der Waals surface area contributed by atoms with E-state index in [9.17, 15) is 0 Å². The van der Waals surface area contributed by atoms with Crippen molar-refractivity contribution in [3.63, 3.8) is 0 Å². The van der Waals surface area contributed by atoms with Crippen LogP contribution in [0.1, 0.15) is 30.0 Å². The van der Waals surface area contributed by atoms with Gasteiger partial charge in [-0.15, -0.1) is 13.2 Å². The minimum absolute atomic E-state index is 0.461. The highest BCUT2D eigenvalue weighted by Gasteiger charge is 2.31. The largest absolute Gasteiger partial charge is 0.337 e. The Labute approximate surface area is 126 Å². The molecule has 1 aromatic rings. The number of halogens is 2. The lowest BCUT2D eigenvalue weighted by atomic mass is 9.87. The molecule has 0 spiro atoms. The van der Waals surface area contributed by atoms with Crippen molar-refractivity contribution < 1.29 is 5.32 Å². The molecule has 0 aliphatic carbocycles. The van der Waals surface area contributed by atoms with Gasteiger partial charge in [0, 0.05) is 33.8 Å². The number of hydrogen-bond acceptors (Lipinski definition) is 0. The molecule has 2 unspecified atom stereocenters. The topological polar surface area (TPSA) is 16.6 Å². The van der Waals surface area contributed by atoms with E-state index in [4.69, 9.17) is 0 Å². The van der Waals surface area contributed by atoms with Crippen LogP contribution in [0.25, 0.3) is 0 Å². The molecule has 1 nitrogen and oxygen atoms in total. The van der Waals surface area contributed by atoms with E-state index >= 15 is 0 Å². The summed E-state index contributed by atoms with van der Waals surface area (Å²) in [5.41, 5.74) is 2.86. The maximum absolute atomic E-state index is 3.88. The normalized spacial score (nSPS) is 22.3. The molecular weight excluding hydrogens is 354 g/mol. The van der Waals surface area contributed by atoms with Crippen LogP contribution in [0.4, 0.5) is 0 Å². The van der Waals surface area contributed by atoms with Crippen molar-refractivity contribution in [1.82, 2.24) is 0 Å². The van der Waals surface area contributed by atoms with Crippen LogP contribution in [0.15, 0.2) is 46.4 Å². The highest BCUT2D eigenvalue weighted by molar-refractivity contribution is 9.11. The molecule has 0 saturated carbocycles. The second-order valence-corrected chi connectivity index (χ2v) is 6.44. The van der Waals surface area contributed by atoms with Crippen molar-refractivity contribution in [3.05, 3.63) is 57.5 Å². The summed E-state index contributed by atoms with van der Waals surface area (Å²) in [4.78, 5) is 0. The fourth-order valence-electron chi connectivity index (χ4n) is 2.72. The standard InChI is InChI=1S/C15H17Br2N/c1-3-5-10-9-11-12(16)7-8-13(17)15(11)14(18-10)6-4-2/h3-4,7-8,10,14,18H,1-2,5-6,9H2/p+1. The molecule has 1 aliphatic rings. The zero-order valence-electron chi connectivity index (χ0n) is 10.3. The first kappa shape index (κ1) is 14.0. The zero-order valence-corrected chi connectivity index (χ0v) is 13.5. The van der Waals surface area contributed by atoms with Crippen molar-refractivity contribution in [2.24, 2.45) is 0 Å². The highest BCUT2D eigenvalue weighted by atomic mass is 79.9. The molecule has 18 heavy (non-hydrogen) atoms. The van der Waals surface area contributed by atoms with E-state index in [1.54, 1.807) is 0 Å². The second-order valence-electron chi connectivity index (χ2n) is 4.73. The Morgan fingerprint density at radius 1 is 1.17 bits per heavy atom. The quantitative estimate of drug-likeness (QED) is 0.773. The van der Waals surface area contributed by atoms with Crippen LogP contribution < -0.4 is 5.32 Å². The van der Waals surface area contributed by atoms with Crippen LogP contribution in [0.2, 0.25) is 0 Å². The summed E-state index contributed by atoms with van der Waals surface area (Å²) in [6.45, 7) is 7.74. The molecule has 0 bridgehead atoms. The van der Waals surface area contributed by atoms with Gasteiger partial charge in [0.15, 0.2) is 0 Å². The summed E-state index contributed by atoms with van der Waals surface area (Å²) in [7, 11) is 0. The molecule has 3 heteroatoms. The van der Waals surface area contributed by atoms with Gasteiger partial charge in [0.25, 0.3) is 0 Å². The number of fused-ring (bicyclic) bond motifs is 1. The Morgan fingerprint density at radius 3 is 2.50 bits per heavy atom. The van der Waals surface area contributed by atoms with Crippen molar-refractivity contribution >= 4 is 31.9 Å². The van der Waals surface area contributed by atoms with Gasteiger partial charge in [-0.25, -0.2) is 0 Å². The van der Waals surface area contributed by atoms with E-state index in [1.807, 2.05) is 12.2 Å². The number of rotatable bonds is 4. The first-order chi connectivity index (χ1) is 8.67. The van der Waals surface area contributed by atoms with E-state index in [0.29, 0.717) is 12.1 Å². The average Bonchev–Trinajstić information content (AvgIpc) is 2.34. The summed E-state index contributed by atoms with van der Waals surface area (Å²) in [5, 5.41) is 2.46. The third-order valence-corrected chi connectivity index (χ3v) is 4.91. The van der Waals surface area contributed by atoms with Gasteiger partial charge in [0.1, 0.15) is 6.04 Å². The summed E-state index contributed by atoms with van der Waals surface area (Å²) in [6, 6.07) is 5.30. The monoisotopic (exact) mass is 370 g/mol. The molecule has 2 atom stereocenters. The SMILES string of the molecule is C=CCC1Cc2c(Br)ccc(Br)c2C(CC=C)[NH2+]1. The Bertz CT molecular complexity index is 468. The summed E-state index contributed by atoms with van der Waals surface area (Å²) >= 11 is 7.38. The third kappa shape index (κ3) is 2.79. The molecule has 96 valence electrons. The van der Waals surface area contributed by atoms with Gasteiger partial charge in [-0.1, -0.05) is 44.0 Å². The average molecular weight is 372 g/mol. The summed E-state index contributed by atoms with van der Waals surface area (Å²) in [6.07, 6.45) is 7.16. The fraction of sp³-hybridized carbons (Fsp3) is 0.333. The molecule has 0 radical (unpaired) electrons. The molecule has 2 rings (SSSR count). The van der Waals surface area contributed by atoms with Crippen LogP contribution in [0, 0.1) is 0 Å². The lowest BCUT2D eigenvalue weighted by Gasteiger charge is -2.30. The van der Waals surface area contributed by atoms with Crippen LogP contribution in [-0.4, -0.2) is 6.04 Å². The molecule has 0 saturated heterocycles. The fourth-order valence-corrected chi connectivity index (χ4v) is 3.90. The lowest BCUT2D eigenvalue weighted by molar-refractivity contribution is -0.730. The van der Waals surface area contributed by atoms with E-state index in [1.165, 1.54) is 20.1 Å². The van der Waals surface area contributed by atoms with Gasteiger partial charge in [-0.05, 0) is 17.7 Å². The van der Waals surface area contributed by atoms with Gasteiger partial charge in [0.05, 0.1) is 6.04 Å². The predicted octanol–water partition coefficient (Wildman–Crippen LogP) is 3.89. The van der Waals surface area contributed by atoms with E-state index in [-0.39, 0.29) is 0 Å². The highest BCUT2D eigenvalue weighted by Crippen LogP contribution is 2.35. The molecule has 1 aliphatic heterocycles. The van der Waals surface area contributed by atoms with Gasteiger partial charge in [0.2, 0.25) is 0 Å².